The van der Waals surface area contributed by atoms with E-state index in [0.29, 0.717) is 0 Å². The Morgan fingerprint density at radius 1 is 0.625 bits per heavy atom. The summed E-state index contributed by atoms with van der Waals surface area (Å²) in [6.07, 6.45) is 0. The van der Waals surface area contributed by atoms with Gasteiger partial charge in [-0.2, -0.15) is 0 Å². The zero-order valence-electron chi connectivity index (χ0n) is 4.41. The Bertz CT molecular complexity index is 26.8. The van der Waals surface area contributed by atoms with Crippen molar-refractivity contribution in [2.45, 2.75) is 0 Å². The quantitative estimate of drug-likeness (QED) is 0.314. The van der Waals surface area contributed by atoms with E-state index in [2.05, 4.69) is 0 Å². The van der Waals surface area contributed by atoms with Crippen LogP contribution in [0, 0.1) is 0 Å². The molecule has 38 valence electrons. The summed E-state index contributed by atoms with van der Waals surface area (Å²) in [5.41, 5.74) is 0. The maximum Gasteiger partial charge on any atom is 0.668 e. The topological polar surface area (TPSA) is 80.9 Å². The van der Waals surface area contributed by atoms with Gasteiger partial charge in [-0.05, 0) is 0 Å². The first-order chi connectivity index (χ1) is 2.00. The van der Waals surface area contributed by atoms with Gasteiger partial charge in [0.15, 0.2) is 0 Å². The first kappa shape index (κ1) is 22.6. The van der Waals surface area contributed by atoms with Crippen molar-refractivity contribution in [1.29, 1.82) is 0 Å². The average molecular weight is 216 g/mol. The molecule has 0 spiro atoms. The number of hydrogen-bond acceptors (Lipinski definition) is 4. The fourth-order valence-electron chi connectivity index (χ4n) is 0. The van der Waals surface area contributed by atoms with Crippen LogP contribution in [0.3, 0.4) is 0 Å². The molecule has 0 amide bonds. The minimum absolute atomic E-state index is 0. The van der Waals surface area contributed by atoms with E-state index in [1.54, 1.807) is 0 Å². The molecule has 6 radical (unpaired) electrons. The minimum atomic E-state index is -4.61. The number of rotatable bonds is 0. The molecule has 0 rings (SSSR count). The van der Waals surface area contributed by atoms with Crippen LogP contribution in [0.5, 0.6) is 0 Å². The summed E-state index contributed by atoms with van der Waals surface area (Å²) in [5, 5.41) is 0. The van der Waals surface area contributed by atoms with Gasteiger partial charge in [-0.3, -0.25) is 0 Å². The molecule has 0 saturated heterocycles. The van der Waals surface area contributed by atoms with Gasteiger partial charge in [-0.1, -0.05) is 0 Å². The van der Waals surface area contributed by atoms with E-state index in [9.17, 15) is 0 Å². The molecular formula is H4Ca3O4Si. The van der Waals surface area contributed by atoms with Crippen molar-refractivity contribution < 1.29 is 19.2 Å². The van der Waals surface area contributed by atoms with Crippen molar-refractivity contribution in [2.75, 3.05) is 0 Å². The molecule has 0 bridgehead atoms. The Morgan fingerprint density at radius 3 is 0.625 bits per heavy atom. The van der Waals surface area contributed by atoms with Gasteiger partial charge in [-0.25, -0.2) is 0 Å². The van der Waals surface area contributed by atoms with Crippen molar-refractivity contribution in [3.05, 3.63) is 0 Å². The van der Waals surface area contributed by atoms with E-state index in [1.807, 2.05) is 0 Å². The fraction of sp³-hybridized carbons (Fsp3) is 0. The maximum atomic E-state index is 7.33. The Labute approximate surface area is 138 Å². The van der Waals surface area contributed by atoms with Crippen LogP contribution in [-0.2, 0) is 0 Å². The summed E-state index contributed by atoms with van der Waals surface area (Å²) in [5.74, 6) is 0. The molecule has 0 aromatic heterocycles. The Kier molecular flexibility index (Phi) is 30.7. The molecule has 0 aliphatic heterocycles. The molecule has 0 heterocycles. The van der Waals surface area contributed by atoms with E-state index < -0.39 is 9.05 Å². The van der Waals surface area contributed by atoms with Crippen LogP contribution < -0.4 is 0 Å². The van der Waals surface area contributed by atoms with Gasteiger partial charge in [0.1, 0.15) is 0 Å². The largest absolute Gasteiger partial charge is 0.668 e. The van der Waals surface area contributed by atoms with Gasteiger partial charge in [0, 0.05) is 113 Å². The van der Waals surface area contributed by atoms with E-state index in [0.717, 1.165) is 0 Å². The standard InChI is InChI=1S/3Ca.H4O4Si/c;;;1-5(2,3)4/h;;;1-4H. The third kappa shape index (κ3) is 52.2. The summed E-state index contributed by atoms with van der Waals surface area (Å²) in [6.45, 7) is 0. The van der Waals surface area contributed by atoms with Crippen molar-refractivity contribution >= 4 is 122 Å². The molecule has 4 nitrogen and oxygen atoms in total. The van der Waals surface area contributed by atoms with E-state index >= 15 is 0 Å². The summed E-state index contributed by atoms with van der Waals surface area (Å²) in [7, 11) is -4.61. The van der Waals surface area contributed by atoms with Crippen LogP contribution in [-0.4, -0.2) is 141 Å². The normalized spacial score (nSPS) is 7.50. The van der Waals surface area contributed by atoms with Gasteiger partial charge in [0.05, 0.1) is 0 Å². The Morgan fingerprint density at radius 2 is 0.625 bits per heavy atom. The first-order valence-electron chi connectivity index (χ1n) is 0.894. The summed E-state index contributed by atoms with van der Waals surface area (Å²) in [6, 6.07) is 0. The predicted molar refractivity (Wildman–Crippen MR) is 31.9 cm³/mol. The van der Waals surface area contributed by atoms with Crippen molar-refractivity contribution in [1.82, 2.24) is 0 Å². The Balaban J connectivity index is -0.0000000267. The van der Waals surface area contributed by atoms with Crippen molar-refractivity contribution in [3.63, 3.8) is 0 Å². The van der Waals surface area contributed by atoms with Gasteiger partial charge >= 0.3 is 9.05 Å². The molecule has 0 aliphatic rings. The maximum absolute atomic E-state index is 7.33. The number of hydrogen-bond donors (Lipinski definition) is 4. The van der Waals surface area contributed by atoms with Crippen LogP contribution in [0.1, 0.15) is 0 Å². The Hall–Kier alpha value is 3.84. The molecule has 0 aromatic carbocycles. The molecule has 0 fully saturated rings. The third-order valence-corrected chi connectivity index (χ3v) is 0. The van der Waals surface area contributed by atoms with Crippen molar-refractivity contribution in [2.24, 2.45) is 0 Å². The van der Waals surface area contributed by atoms with Gasteiger partial charge < -0.3 is 19.2 Å². The molecule has 0 unspecified atom stereocenters. The van der Waals surface area contributed by atoms with Crippen LogP contribution in [0.25, 0.3) is 0 Å². The molecule has 8 heteroatoms. The predicted octanol–water partition coefficient (Wildman–Crippen LogP) is -3.75. The van der Waals surface area contributed by atoms with E-state index in [-0.39, 0.29) is 113 Å². The minimum Gasteiger partial charge on any atom is -0.368 e. The molecule has 4 N–H and O–H groups in total. The van der Waals surface area contributed by atoms with Crippen LogP contribution in [0.4, 0.5) is 0 Å². The second-order valence-corrected chi connectivity index (χ2v) is 1.80. The summed E-state index contributed by atoms with van der Waals surface area (Å²) >= 11 is 0. The monoisotopic (exact) mass is 216 g/mol. The molecule has 8 heavy (non-hydrogen) atoms. The first-order valence-corrected chi connectivity index (χ1v) is 2.68. The fourth-order valence-corrected chi connectivity index (χ4v) is 0. The van der Waals surface area contributed by atoms with Crippen LogP contribution in [0.2, 0.25) is 0 Å². The van der Waals surface area contributed by atoms with Gasteiger partial charge in [0.2, 0.25) is 0 Å². The average Bonchev–Trinajstić information content (AvgIpc) is 0.722. The molecular weight excluding hydrogens is 212 g/mol. The molecule has 0 aromatic rings. The summed E-state index contributed by atoms with van der Waals surface area (Å²) < 4.78 is 0. The van der Waals surface area contributed by atoms with E-state index in [1.165, 1.54) is 0 Å². The van der Waals surface area contributed by atoms with Crippen molar-refractivity contribution in [3.8, 4) is 0 Å². The smallest absolute Gasteiger partial charge is 0.368 e. The third-order valence-electron chi connectivity index (χ3n) is 0. The second kappa shape index (κ2) is 10.8. The SMILES string of the molecule is O[Si](O)(O)O.[Ca].[Ca].[Ca]. The van der Waals surface area contributed by atoms with E-state index in [4.69, 9.17) is 19.2 Å². The second-order valence-electron chi connectivity index (χ2n) is 0.600. The molecule has 0 aliphatic carbocycles. The van der Waals surface area contributed by atoms with Crippen LogP contribution >= 0.6 is 0 Å². The summed E-state index contributed by atoms with van der Waals surface area (Å²) in [4.78, 5) is 29.3. The molecule has 0 saturated carbocycles. The zero-order chi connectivity index (χ0) is 4.50. The van der Waals surface area contributed by atoms with Crippen LogP contribution in [0.15, 0.2) is 0 Å². The molecule has 0 atom stereocenters. The van der Waals surface area contributed by atoms with Gasteiger partial charge in [-0.15, -0.1) is 0 Å². The zero-order valence-corrected chi connectivity index (χ0v) is 12.0. The van der Waals surface area contributed by atoms with Gasteiger partial charge in [0.25, 0.3) is 0 Å².